The van der Waals surface area contributed by atoms with Crippen LogP contribution in [0.5, 0.6) is 0 Å². The number of aliphatic hydroxyl groups is 1. The topological polar surface area (TPSA) is 29.5 Å². The molecule has 2 nitrogen and oxygen atoms in total. The highest BCUT2D eigenvalue weighted by Gasteiger charge is 2.20. The van der Waals surface area contributed by atoms with E-state index in [1.807, 2.05) is 19.9 Å². The lowest BCUT2D eigenvalue weighted by atomic mass is 9.94. The third kappa shape index (κ3) is 2.52. The Labute approximate surface area is 103 Å². The van der Waals surface area contributed by atoms with Crippen molar-refractivity contribution >= 4 is 0 Å². The van der Waals surface area contributed by atoms with E-state index in [9.17, 15) is 5.11 Å². The molecule has 1 N–H and O–H groups in total. The van der Waals surface area contributed by atoms with Gasteiger partial charge in [0.1, 0.15) is 11.9 Å². The molecule has 2 rings (SSSR count). The van der Waals surface area contributed by atoms with E-state index in [4.69, 9.17) is 4.74 Å². The minimum absolute atomic E-state index is 0.615. The molecule has 1 atom stereocenters. The van der Waals surface area contributed by atoms with E-state index in [-0.39, 0.29) is 0 Å². The molecule has 0 spiro atoms. The maximum atomic E-state index is 10.4. The summed E-state index contributed by atoms with van der Waals surface area (Å²) in [4.78, 5) is 0. The number of hydrogen-bond donors (Lipinski definition) is 1. The molecule has 0 amide bonds. The second kappa shape index (κ2) is 4.92. The maximum absolute atomic E-state index is 10.4. The van der Waals surface area contributed by atoms with E-state index in [1.165, 1.54) is 5.56 Å². The fraction of sp³-hybridized carbons (Fsp3) is 0.467. The minimum Gasteiger partial charge on any atom is -0.495 e. The zero-order valence-corrected chi connectivity index (χ0v) is 10.8. The van der Waals surface area contributed by atoms with Crippen molar-refractivity contribution in [1.82, 2.24) is 0 Å². The second-order valence-corrected chi connectivity index (χ2v) is 4.81. The van der Waals surface area contributed by atoms with Crippen LogP contribution in [0.2, 0.25) is 0 Å². The highest BCUT2D eigenvalue weighted by atomic mass is 16.5. The zero-order valence-electron chi connectivity index (χ0n) is 10.8. The predicted octanol–water partition coefficient (Wildman–Crippen LogP) is 3.34. The van der Waals surface area contributed by atoms with Crippen LogP contribution >= 0.6 is 0 Å². The summed E-state index contributed by atoms with van der Waals surface area (Å²) in [5.41, 5.74) is 4.48. The fourth-order valence-corrected chi connectivity index (χ4v) is 2.53. The predicted molar refractivity (Wildman–Crippen MR) is 68.9 cm³/mol. The summed E-state index contributed by atoms with van der Waals surface area (Å²) < 4.78 is 5.55. The van der Waals surface area contributed by atoms with Crippen molar-refractivity contribution in [3.8, 4) is 0 Å². The first-order valence-corrected chi connectivity index (χ1v) is 6.18. The Hall–Kier alpha value is -1.28. The Balaban J connectivity index is 2.36. The monoisotopic (exact) mass is 232 g/mol. The van der Waals surface area contributed by atoms with Crippen molar-refractivity contribution in [2.45, 2.75) is 39.7 Å². The molecule has 0 saturated heterocycles. The summed E-state index contributed by atoms with van der Waals surface area (Å²) in [6.45, 7) is 6.88. The van der Waals surface area contributed by atoms with E-state index in [1.54, 1.807) is 0 Å². The van der Waals surface area contributed by atoms with Crippen molar-refractivity contribution < 1.29 is 9.84 Å². The molecule has 0 saturated carbocycles. The average molecular weight is 232 g/mol. The minimum atomic E-state index is -0.615. The summed E-state index contributed by atoms with van der Waals surface area (Å²) in [6, 6.07) is 4.21. The molecule has 1 aliphatic rings. The van der Waals surface area contributed by atoms with Crippen LogP contribution in [0.4, 0.5) is 0 Å². The van der Waals surface area contributed by atoms with Crippen LogP contribution in [0.15, 0.2) is 24.0 Å². The van der Waals surface area contributed by atoms with Gasteiger partial charge in [-0.2, -0.15) is 0 Å². The average Bonchev–Trinajstić information content (AvgIpc) is 2.28. The third-order valence-corrected chi connectivity index (χ3v) is 3.24. The Bertz CT molecular complexity index is 423. The molecule has 92 valence electrons. The smallest absolute Gasteiger partial charge is 0.136 e. The van der Waals surface area contributed by atoms with Gasteiger partial charge >= 0.3 is 0 Å². The van der Waals surface area contributed by atoms with E-state index >= 15 is 0 Å². The van der Waals surface area contributed by atoms with Gasteiger partial charge < -0.3 is 9.84 Å². The molecular weight excluding hydrogens is 212 g/mol. The zero-order chi connectivity index (χ0) is 12.4. The van der Waals surface area contributed by atoms with Gasteiger partial charge in [-0.3, -0.25) is 0 Å². The van der Waals surface area contributed by atoms with Crippen LogP contribution in [0.1, 0.15) is 41.2 Å². The highest BCUT2D eigenvalue weighted by Crippen LogP contribution is 2.31. The van der Waals surface area contributed by atoms with Crippen LogP contribution in [0, 0.1) is 20.8 Å². The van der Waals surface area contributed by atoms with Crippen LogP contribution in [0.25, 0.3) is 0 Å². The third-order valence-electron chi connectivity index (χ3n) is 3.24. The standard InChI is InChI=1S/C15H20O2/c1-10-8-11(2)14(12(3)9-10)15(16)13-6-4-5-7-17-13/h6,8-9,15-16H,4-5,7H2,1-3H3. The molecule has 0 fully saturated rings. The summed E-state index contributed by atoms with van der Waals surface area (Å²) >= 11 is 0. The molecule has 1 aromatic rings. The number of aryl methyl sites for hydroxylation is 3. The Morgan fingerprint density at radius 2 is 1.82 bits per heavy atom. The number of ether oxygens (including phenoxy) is 1. The summed E-state index contributed by atoms with van der Waals surface area (Å²) in [7, 11) is 0. The van der Waals surface area contributed by atoms with Crippen LogP contribution < -0.4 is 0 Å². The van der Waals surface area contributed by atoms with Gasteiger partial charge in [0.05, 0.1) is 6.61 Å². The van der Waals surface area contributed by atoms with E-state index in [2.05, 4.69) is 19.1 Å². The summed E-state index contributed by atoms with van der Waals surface area (Å²) in [5.74, 6) is 0.714. The first kappa shape index (κ1) is 12.2. The van der Waals surface area contributed by atoms with Gasteiger partial charge in [-0.05, 0) is 56.4 Å². The number of hydrogen-bond acceptors (Lipinski definition) is 2. The summed E-state index contributed by atoms with van der Waals surface area (Å²) in [6.07, 6.45) is 3.43. The number of aliphatic hydroxyl groups excluding tert-OH is 1. The molecule has 0 aliphatic carbocycles. The van der Waals surface area contributed by atoms with Gasteiger partial charge in [-0.1, -0.05) is 17.7 Å². The molecule has 1 aliphatic heterocycles. The molecule has 1 unspecified atom stereocenters. The first-order valence-electron chi connectivity index (χ1n) is 6.18. The van der Waals surface area contributed by atoms with Crippen molar-refractivity contribution in [2.75, 3.05) is 6.61 Å². The van der Waals surface area contributed by atoms with Gasteiger partial charge in [0.2, 0.25) is 0 Å². The van der Waals surface area contributed by atoms with Crippen molar-refractivity contribution in [3.05, 3.63) is 46.2 Å². The lowest BCUT2D eigenvalue weighted by Crippen LogP contribution is -2.12. The molecule has 17 heavy (non-hydrogen) atoms. The first-order chi connectivity index (χ1) is 8.09. The van der Waals surface area contributed by atoms with Crippen molar-refractivity contribution in [1.29, 1.82) is 0 Å². The van der Waals surface area contributed by atoms with Gasteiger partial charge in [0, 0.05) is 0 Å². The molecule has 0 radical (unpaired) electrons. The lowest BCUT2D eigenvalue weighted by molar-refractivity contribution is 0.0911. The van der Waals surface area contributed by atoms with Crippen molar-refractivity contribution in [3.63, 3.8) is 0 Å². The lowest BCUT2D eigenvalue weighted by Gasteiger charge is -2.23. The van der Waals surface area contributed by atoms with Gasteiger partial charge in [0.15, 0.2) is 0 Å². The van der Waals surface area contributed by atoms with Gasteiger partial charge in [-0.15, -0.1) is 0 Å². The van der Waals surface area contributed by atoms with Crippen molar-refractivity contribution in [2.24, 2.45) is 0 Å². The maximum Gasteiger partial charge on any atom is 0.136 e. The molecule has 0 aromatic heterocycles. The molecular formula is C15H20O2. The summed E-state index contributed by atoms with van der Waals surface area (Å²) in [5, 5.41) is 10.4. The normalized spacial score (nSPS) is 17.3. The largest absolute Gasteiger partial charge is 0.495 e. The van der Waals surface area contributed by atoms with Crippen LogP contribution in [-0.4, -0.2) is 11.7 Å². The quantitative estimate of drug-likeness (QED) is 0.847. The second-order valence-electron chi connectivity index (χ2n) is 4.81. The van der Waals surface area contributed by atoms with Crippen LogP contribution in [-0.2, 0) is 4.74 Å². The Morgan fingerprint density at radius 3 is 2.35 bits per heavy atom. The molecule has 1 aromatic carbocycles. The number of benzene rings is 1. The number of allylic oxidation sites excluding steroid dienone is 1. The van der Waals surface area contributed by atoms with E-state index in [0.717, 1.165) is 29.5 Å². The van der Waals surface area contributed by atoms with Crippen LogP contribution in [0.3, 0.4) is 0 Å². The molecule has 0 bridgehead atoms. The van der Waals surface area contributed by atoms with E-state index in [0.29, 0.717) is 12.4 Å². The molecule has 1 heterocycles. The highest BCUT2D eigenvalue weighted by molar-refractivity contribution is 5.41. The molecule has 2 heteroatoms. The van der Waals surface area contributed by atoms with Gasteiger partial charge in [-0.25, -0.2) is 0 Å². The Kier molecular flexibility index (Phi) is 3.53. The Morgan fingerprint density at radius 1 is 1.18 bits per heavy atom. The SMILES string of the molecule is Cc1cc(C)c(C(O)C2=CCCCO2)c(C)c1. The van der Waals surface area contributed by atoms with E-state index < -0.39 is 6.10 Å². The van der Waals surface area contributed by atoms with Gasteiger partial charge in [0.25, 0.3) is 0 Å². The fourth-order valence-electron chi connectivity index (χ4n) is 2.53. The number of rotatable bonds is 2.